The van der Waals surface area contributed by atoms with Crippen molar-refractivity contribution < 1.29 is 14.3 Å². The summed E-state index contributed by atoms with van der Waals surface area (Å²) >= 11 is 0. The Morgan fingerprint density at radius 1 is 1.21 bits per heavy atom. The Labute approximate surface area is 144 Å². The molecular weight excluding hydrogens is 308 g/mol. The van der Waals surface area contributed by atoms with Gasteiger partial charge in [-0.1, -0.05) is 0 Å². The fourth-order valence-corrected chi connectivity index (χ4v) is 2.87. The number of hydrogen-bond donors (Lipinski definition) is 2. The molecule has 1 saturated carbocycles. The maximum Gasteiger partial charge on any atom is 0.308 e. The molecule has 7 heteroatoms. The standard InChI is InChI=1S/C17H30N4O3/c1-3-18-17(19-10-4-5-15(22)20-14-6-7-14)21-11-8-13(9-12-21)16(23)24-2/h13-14H,3-12H2,1-2H3,(H,18,19)(H,20,22). The van der Waals surface area contributed by atoms with Crippen molar-refractivity contribution in [2.75, 3.05) is 33.3 Å². The van der Waals surface area contributed by atoms with Crippen LogP contribution in [0.3, 0.4) is 0 Å². The van der Waals surface area contributed by atoms with E-state index >= 15 is 0 Å². The van der Waals surface area contributed by atoms with E-state index in [0.29, 0.717) is 19.0 Å². The number of aliphatic imine (C=N–C) groups is 1. The number of ether oxygens (including phenoxy) is 1. The van der Waals surface area contributed by atoms with Crippen molar-refractivity contribution in [3.05, 3.63) is 0 Å². The minimum Gasteiger partial charge on any atom is -0.469 e. The molecule has 1 aliphatic carbocycles. The average Bonchev–Trinajstić information content (AvgIpc) is 3.41. The van der Waals surface area contributed by atoms with Crippen LogP contribution in [0.25, 0.3) is 0 Å². The van der Waals surface area contributed by atoms with Gasteiger partial charge in [0.1, 0.15) is 0 Å². The maximum atomic E-state index is 11.7. The molecule has 2 aliphatic rings. The third kappa shape index (κ3) is 6.02. The molecule has 7 nitrogen and oxygen atoms in total. The highest BCUT2D eigenvalue weighted by atomic mass is 16.5. The predicted molar refractivity (Wildman–Crippen MR) is 92.7 cm³/mol. The number of likely N-dealkylation sites (tertiary alicyclic amines) is 1. The van der Waals surface area contributed by atoms with Crippen LogP contribution < -0.4 is 10.6 Å². The molecule has 0 bridgehead atoms. The molecule has 2 N–H and O–H groups in total. The highest BCUT2D eigenvalue weighted by Crippen LogP contribution is 2.19. The second kappa shape index (κ2) is 9.49. The lowest BCUT2D eigenvalue weighted by Gasteiger charge is -2.33. The number of amides is 1. The number of carbonyl (C=O) groups is 2. The minimum atomic E-state index is -0.113. The lowest BCUT2D eigenvalue weighted by Crippen LogP contribution is -2.46. The molecule has 0 spiro atoms. The van der Waals surface area contributed by atoms with Crippen LogP contribution in [0.2, 0.25) is 0 Å². The molecule has 2 fully saturated rings. The fraction of sp³-hybridized carbons (Fsp3) is 0.824. The zero-order valence-electron chi connectivity index (χ0n) is 14.8. The van der Waals surface area contributed by atoms with Crippen LogP contribution in [-0.2, 0) is 14.3 Å². The van der Waals surface area contributed by atoms with Crippen molar-refractivity contribution in [2.24, 2.45) is 10.9 Å². The molecule has 0 radical (unpaired) electrons. The number of nitrogens with zero attached hydrogens (tertiary/aromatic N) is 2. The summed E-state index contributed by atoms with van der Waals surface area (Å²) in [5.74, 6) is 0.901. The van der Waals surface area contributed by atoms with Gasteiger partial charge in [-0.15, -0.1) is 0 Å². The Bertz CT molecular complexity index is 455. The van der Waals surface area contributed by atoms with Crippen LogP contribution in [0, 0.1) is 5.92 Å². The van der Waals surface area contributed by atoms with Gasteiger partial charge in [0.2, 0.25) is 5.91 Å². The second-order valence-electron chi connectivity index (χ2n) is 6.47. The monoisotopic (exact) mass is 338 g/mol. The van der Waals surface area contributed by atoms with E-state index < -0.39 is 0 Å². The van der Waals surface area contributed by atoms with Gasteiger partial charge in [0, 0.05) is 38.6 Å². The summed E-state index contributed by atoms with van der Waals surface area (Å²) < 4.78 is 4.83. The number of nitrogens with one attached hydrogen (secondary N) is 2. The summed E-state index contributed by atoms with van der Waals surface area (Å²) in [5, 5.41) is 6.29. The first-order valence-electron chi connectivity index (χ1n) is 9.04. The first kappa shape index (κ1) is 18.5. The van der Waals surface area contributed by atoms with E-state index in [9.17, 15) is 9.59 Å². The van der Waals surface area contributed by atoms with E-state index in [-0.39, 0.29) is 17.8 Å². The zero-order valence-corrected chi connectivity index (χ0v) is 14.8. The number of methoxy groups -OCH3 is 1. The average molecular weight is 338 g/mol. The molecule has 1 saturated heterocycles. The number of carbonyl (C=O) groups excluding carboxylic acids is 2. The number of hydrogen-bond acceptors (Lipinski definition) is 4. The van der Waals surface area contributed by atoms with Gasteiger partial charge in [-0.05, 0) is 39.0 Å². The molecule has 0 aromatic rings. The quantitative estimate of drug-likeness (QED) is 0.312. The summed E-state index contributed by atoms with van der Waals surface area (Å²) in [6, 6.07) is 0.425. The lowest BCUT2D eigenvalue weighted by molar-refractivity contribution is -0.146. The highest BCUT2D eigenvalue weighted by molar-refractivity contribution is 5.81. The Morgan fingerprint density at radius 2 is 1.92 bits per heavy atom. The smallest absolute Gasteiger partial charge is 0.308 e. The maximum absolute atomic E-state index is 11.7. The van der Waals surface area contributed by atoms with Crippen molar-refractivity contribution >= 4 is 17.8 Å². The molecule has 0 aromatic heterocycles. The van der Waals surface area contributed by atoms with Crippen LogP contribution in [0.4, 0.5) is 0 Å². The summed E-state index contributed by atoms with van der Waals surface area (Å²) in [6.07, 6.45) is 5.11. The van der Waals surface area contributed by atoms with Gasteiger partial charge in [-0.25, -0.2) is 0 Å². The van der Waals surface area contributed by atoms with Crippen LogP contribution in [-0.4, -0.2) is 62.1 Å². The molecule has 1 aliphatic heterocycles. The van der Waals surface area contributed by atoms with Gasteiger partial charge in [0.25, 0.3) is 0 Å². The van der Waals surface area contributed by atoms with Crippen LogP contribution in [0.15, 0.2) is 4.99 Å². The van der Waals surface area contributed by atoms with E-state index in [1.807, 2.05) is 6.92 Å². The van der Waals surface area contributed by atoms with Crippen LogP contribution >= 0.6 is 0 Å². The van der Waals surface area contributed by atoms with E-state index in [0.717, 1.165) is 57.7 Å². The molecule has 0 aromatic carbocycles. The number of guanidine groups is 1. The first-order chi connectivity index (χ1) is 11.6. The summed E-state index contributed by atoms with van der Waals surface area (Å²) in [7, 11) is 1.44. The Kier molecular flexibility index (Phi) is 7.34. The van der Waals surface area contributed by atoms with Gasteiger partial charge >= 0.3 is 5.97 Å². The molecule has 136 valence electrons. The van der Waals surface area contributed by atoms with Gasteiger partial charge < -0.3 is 20.3 Å². The molecule has 2 rings (SSSR count). The zero-order chi connectivity index (χ0) is 17.4. The Hall–Kier alpha value is -1.79. The predicted octanol–water partition coefficient (Wildman–Crippen LogP) is 0.896. The Balaban J connectivity index is 1.73. The van der Waals surface area contributed by atoms with Crippen molar-refractivity contribution in [1.82, 2.24) is 15.5 Å². The number of rotatable bonds is 7. The van der Waals surface area contributed by atoms with Crippen LogP contribution in [0.5, 0.6) is 0 Å². The van der Waals surface area contributed by atoms with Crippen molar-refractivity contribution in [3.63, 3.8) is 0 Å². The number of esters is 1. The van der Waals surface area contributed by atoms with Gasteiger partial charge in [0.15, 0.2) is 5.96 Å². The van der Waals surface area contributed by atoms with E-state index in [4.69, 9.17) is 4.74 Å². The first-order valence-corrected chi connectivity index (χ1v) is 9.04. The molecule has 0 atom stereocenters. The van der Waals surface area contributed by atoms with E-state index in [2.05, 4.69) is 20.5 Å². The summed E-state index contributed by atoms with van der Waals surface area (Å²) in [6.45, 7) is 5.08. The lowest BCUT2D eigenvalue weighted by atomic mass is 9.97. The SMILES string of the molecule is CCNC(=NCCCC(=O)NC1CC1)N1CCC(C(=O)OC)CC1. The normalized spacial score (nSPS) is 19.1. The largest absolute Gasteiger partial charge is 0.469 e. The van der Waals surface area contributed by atoms with E-state index in [1.54, 1.807) is 0 Å². The van der Waals surface area contributed by atoms with Gasteiger partial charge in [-0.3, -0.25) is 14.6 Å². The van der Waals surface area contributed by atoms with Crippen molar-refractivity contribution in [3.8, 4) is 0 Å². The number of piperidine rings is 1. The highest BCUT2D eigenvalue weighted by Gasteiger charge is 2.27. The molecular formula is C17H30N4O3. The second-order valence-corrected chi connectivity index (χ2v) is 6.47. The molecule has 24 heavy (non-hydrogen) atoms. The molecule has 0 unspecified atom stereocenters. The fourth-order valence-electron chi connectivity index (χ4n) is 2.87. The summed E-state index contributed by atoms with van der Waals surface area (Å²) in [5.41, 5.74) is 0. The molecule has 1 heterocycles. The topological polar surface area (TPSA) is 83.0 Å². The van der Waals surface area contributed by atoms with E-state index in [1.165, 1.54) is 7.11 Å². The van der Waals surface area contributed by atoms with Gasteiger partial charge in [-0.2, -0.15) is 0 Å². The van der Waals surface area contributed by atoms with Crippen molar-refractivity contribution in [1.29, 1.82) is 0 Å². The van der Waals surface area contributed by atoms with Gasteiger partial charge in [0.05, 0.1) is 13.0 Å². The third-order valence-electron chi connectivity index (χ3n) is 4.43. The van der Waals surface area contributed by atoms with Crippen LogP contribution in [0.1, 0.15) is 45.4 Å². The minimum absolute atomic E-state index is 0.000228. The summed E-state index contributed by atoms with van der Waals surface area (Å²) in [4.78, 5) is 30.1. The Morgan fingerprint density at radius 3 is 2.50 bits per heavy atom. The molecule has 1 amide bonds. The van der Waals surface area contributed by atoms with Crippen molar-refractivity contribution in [2.45, 2.75) is 51.5 Å². The third-order valence-corrected chi connectivity index (χ3v) is 4.43.